The second kappa shape index (κ2) is 7.25. The van der Waals surface area contributed by atoms with Crippen LogP contribution in [0.2, 0.25) is 0 Å². The Labute approximate surface area is 117 Å². The van der Waals surface area contributed by atoms with E-state index in [2.05, 4.69) is 5.32 Å². The van der Waals surface area contributed by atoms with Crippen LogP contribution in [-0.4, -0.2) is 31.2 Å². The Morgan fingerprint density at radius 2 is 1.95 bits per heavy atom. The van der Waals surface area contributed by atoms with Crippen LogP contribution in [-0.2, 0) is 9.53 Å². The minimum atomic E-state index is -0.299. The van der Waals surface area contributed by atoms with Gasteiger partial charge >= 0.3 is 0 Å². The average molecular weight is 270 g/mol. The van der Waals surface area contributed by atoms with Gasteiger partial charge in [0.15, 0.2) is 0 Å². The van der Waals surface area contributed by atoms with E-state index in [1.54, 1.807) is 0 Å². The van der Waals surface area contributed by atoms with E-state index in [1.165, 1.54) is 19.3 Å². The van der Waals surface area contributed by atoms with Crippen molar-refractivity contribution in [2.75, 3.05) is 19.7 Å². The van der Waals surface area contributed by atoms with Gasteiger partial charge in [0.2, 0.25) is 5.91 Å². The topological polar surface area (TPSA) is 64.3 Å². The van der Waals surface area contributed by atoms with Crippen LogP contribution in [0.3, 0.4) is 0 Å². The summed E-state index contributed by atoms with van der Waals surface area (Å²) in [5.41, 5.74) is 5.65. The number of rotatable bonds is 7. The molecule has 1 rings (SSSR count). The Hall–Kier alpha value is -0.610. The zero-order valence-electron chi connectivity index (χ0n) is 12.8. The van der Waals surface area contributed by atoms with Crippen molar-refractivity contribution in [3.63, 3.8) is 0 Å². The molecule has 0 aromatic heterocycles. The zero-order valence-corrected chi connectivity index (χ0v) is 12.8. The fourth-order valence-electron chi connectivity index (χ4n) is 2.91. The van der Waals surface area contributed by atoms with Crippen molar-refractivity contribution in [3.8, 4) is 0 Å². The third-order valence-electron chi connectivity index (χ3n) is 4.13. The lowest BCUT2D eigenvalue weighted by Gasteiger charge is -2.36. The summed E-state index contributed by atoms with van der Waals surface area (Å²) < 4.78 is 5.58. The Morgan fingerprint density at radius 3 is 2.47 bits per heavy atom. The minimum Gasteiger partial charge on any atom is -0.374 e. The largest absolute Gasteiger partial charge is 0.374 e. The standard InChI is InChI=1S/C15H30N2O2/c1-4-19-14(2,3)12-17-13(18)10-15(11-16)8-6-5-7-9-15/h4-12,16H2,1-3H3,(H,17,18). The number of nitrogens with two attached hydrogens (primary N) is 1. The summed E-state index contributed by atoms with van der Waals surface area (Å²) in [6.07, 6.45) is 6.42. The lowest BCUT2D eigenvalue weighted by atomic mass is 9.71. The van der Waals surface area contributed by atoms with Gasteiger partial charge in [-0.15, -0.1) is 0 Å². The highest BCUT2D eigenvalue weighted by molar-refractivity contribution is 5.76. The van der Waals surface area contributed by atoms with Crippen LogP contribution in [0.15, 0.2) is 0 Å². The smallest absolute Gasteiger partial charge is 0.220 e. The maximum absolute atomic E-state index is 12.1. The average Bonchev–Trinajstić information content (AvgIpc) is 2.38. The van der Waals surface area contributed by atoms with Gasteiger partial charge < -0.3 is 15.8 Å². The second-order valence-electron chi connectivity index (χ2n) is 6.41. The van der Waals surface area contributed by atoms with Gasteiger partial charge in [-0.25, -0.2) is 0 Å². The van der Waals surface area contributed by atoms with Crippen LogP contribution in [0, 0.1) is 5.41 Å². The van der Waals surface area contributed by atoms with Crippen molar-refractivity contribution in [3.05, 3.63) is 0 Å². The molecule has 0 heterocycles. The number of hydrogen-bond donors (Lipinski definition) is 2. The normalized spacial score (nSPS) is 19.2. The summed E-state index contributed by atoms with van der Waals surface area (Å²) in [6.45, 7) is 7.80. The van der Waals surface area contributed by atoms with Gasteiger partial charge in [0.1, 0.15) is 0 Å². The van der Waals surface area contributed by atoms with E-state index in [-0.39, 0.29) is 16.9 Å². The Balaban J connectivity index is 2.41. The summed E-state index contributed by atoms with van der Waals surface area (Å²) in [5, 5.41) is 2.99. The zero-order chi connectivity index (χ0) is 14.4. The molecule has 0 aromatic rings. The van der Waals surface area contributed by atoms with Gasteiger partial charge in [0, 0.05) is 19.6 Å². The number of hydrogen-bond acceptors (Lipinski definition) is 3. The van der Waals surface area contributed by atoms with E-state index < -0.39 is 0 Å². The van der Waals surface area contributed by atoms with Crippen LogP contribution in [0.5, 0.6) is 0 Å². The molecule has 4 nitrogen and oxygen atoms in total. The van der Waals surface area contributed by atoms with Crippen molar-refractivity contribution >= 4 is 5.91 Å². The molecule has 0 unspecified atom stereocenters. The molecule has 1 amide bonds. The van der Waals surface area contributed by atoms with Crippen molar-refractivity contribution in [2.45, 2.75) is 64.9 Å². The summed E-state index contributed by atoms with van der Waals surface area (Å²) >= 11 is 0. The molecule has 1 aliphatic carbocycles. The third-order valence-corrected chi connectivity index (χ3v) is 4.13. The van der Waals surface area contributed by atoms with Gasteiger partial charge in [-0.05, 0) is 45.6 Å². The summed E-state index contributed by atoms with van der Waals surface area (Å²) in [4.78, 5) is 12.1. The van der Waals surface area contributed by atoms with E-state index >= 15 is 0 Å². The number of carbonyl (C=O) groups excluding carboxylic acids is 1. The first-order valence-corrected chi connectivity index (χ1v) is 7.54. The highest BCUT2D eigenvalue weighted by Crippen LogP contribution is 2.38. The lowest BCUT2D eigenvalue weighted by molar-refractivity contribution is -0.125. The predicted octanol–water partition coefficient (Wildman–Crippen LogP) is 2.22. The Morgan fingerprint density at radius 1 is 1.32 bits per heavy atom. The van der Waals surface area contributed by atoms with Crippen molar-refractivity contribution in [2.24, 2.45) is 11.1 Å². The highest BCUT2D eigenvalue weighted by Gasteiger charge is 2.33. The van der Waals surface area contributed by atoms with Crippen LogP contribution in [0.1, 0.15) is 59.3 Å². The maximum Gasteiger partial charge on any atom is 0.220 e. The molecule has 0 radical (unpaired) electrons. The van der Waals surface area contributed by atoms with Crippen molar-refractivity contribution in [1.82, 2.24) is 5.32 Å². The quantitative estimate of drug-likeness (QED) is 0.745. The third kappa shape index (κ3) is 5.49. The molecule has 19 heavy (non-hydrogen) atoms. The fourth-order valence-corrected chi connectivity index (χ4v) is 2.91. The molecule has 1 fully saturated rings. The van der Waals surface area contributed by atoms with Crippen molar-refractivity contribution < 1.29 is 9.53 Å². The predicted molar refractivity (Wildman–Crippen MR) is 77.9 cm³/mol. The Bertz CT molecular complexity index is 284. The molecule has 0 aromatic carbocycles. The van der Waals surface area contributed by atoms with Gasteiger partial charge in [0.05, 0.1) is 5.60 Å². The molecule has 1 aliphatic rings. The monoisotopic (exact) mass is 270 g/mol. The van der Waals surface area contributed by atoms with Crippen molar-refractivity contribution in [1.29, 1.82) is 0 Å². The van der Waals surface area contributed by atoms with Gasteiger partial charge in [-0.2, -0.15) is 0 Å². The molecule has 0 spiro atoms. The number of ether oxygens (including phenoxy) is 1. The fraction of sp³-hybridized carbons (Fsp3) is 0.933. The van der Waals surface area contributed by atoms with Gasteiger partial charge in [-0.1, -0.05) is 19.3 Å². The summed E-state index contributed by atoms with van der Waals surface area (Å²) in [7, 11) is 0. The first-order valence-electron chi connectivity index (χ1n) is 7.54. The lowest BCUT2D eigenvalue weighted by Crippen LogP contribution is -2.44. The molecule has 112 valence electrons. The molecule has 0 aliphatic heterocycles. The number of carbonyl (C=O) groups is 1. The molecule has 0 saturated heterocycles. The first kappa shape index (κ1) is 16.4. The number of amides is 1. The van der Waals surface area contributed by atoms with E-state index in [0.717, 1.165) is 12.8 Å². The molecule has 3 N–H and O–H groups in total. The van der Waals surface area contributed by atoms with Gasteiger partial charge in [0.25, 0.3) is 0 Å². The van der Waals surface area contributed by atoms with E-state index in [9.17, 15) is 4.79 Å². The Kier molecular flexibility index (Phi) is 6.27. The van der Waals surface area contributed by atoms with Crippen LogP contribution >= 0.6 is 0 Å². The molecule has 4 heteroatoms. The maximum atomic E-state index is 12.1. The molecular formula is C15H30N2O2. The second-order valence-corrected chi connectivity index (χ2v) is 6.41. The van der Waals surface area contributed by atoms with Crippen LogP contribution in [0.4, 0.5) is 0 Å². The van der Waals surface area contributed by atoms with Crippen LogP contribution < -0.4 is 11.1 Å². The SMILES string of the molecule is CCOC(C)(C)CNC(=O)CC1(CN)CCCCC1. The summed E-state index contributed by atoms with van der Waals surface area (Å²) in [6, 6.07) is 0. The molecular weight excluding hydrogens is 240 g/mol. The highest BCUT2D eigenvalue weighted by atomic mass is 16.5. The van der Waals surface area contributed by atoms with E-state index in [1.807, 2.05) is 20.8 Å². The minimum absolute atomic E-state index is 0.0398. The first-order chi connectivity index (χ1) is 8.93. The molecule has 1 saturated carbocycles. The van der Waals surface area contributed by atoms with Gasteiger partial charge in [-0.3, -0.25) is 4.79 Å². The van der Waals surface area contributed by atoms with E-state index in [4.69, 9.17) is 10.5 Å². The van der Waals surface area contributed by atoms with Crippen LogP contribution in [0.25, 0.3) is 0 Å². The number of nitrogens with one attached hydrogen (secondary N) is 1. The molecule has 0 atom stereocenters. The van der Waals surface area contributed by atoms with E-state index in [0.29, 0.717) is 26.1 Å². The summed E-state index contributed by atoms with van der Waals surface area (Å²) in [5.74, 6) is 0.111. The molecule has 0 bridgehead atoms.